The van der Waals surface area contributed by atoms with Gasteiger partial charge < -0.3 is 14.8 Å². The average Bonchev–Trinajstić information content (AvgIpc) is 2.48. The Balaban J connectivity index is 2.85. The molecule has 3 nitrogen and oxygen atoms in total. The van der Waals surface area contributed by atoms with Crippen LogP contribution in [-0.4, -0.2) is 39.7 Å². The van der Waals surface area contributed by atoms with E-state index in [0.717, 1.165) is 47.2 Å². The Hall–Kier alpha value is -0.940. The lowest BCUT2D eigenvalue weighted by Crippen LogP contribution is -2.16. The Morgan fingerprint density at radius 3 is 2.55 bits per heavy atom. The van der Waals surface area contributed by atoms with Gasteiger partial charge in [0.25, 0.3) is 0 Å². The van der Waals surface area contributed by atoms with Crippen molar-refractivity contribution in [2.45, 2.75) is 24.7 Å². The molecule has 0 atom stereocenters. The number of ether oxygens (including phenoxy) is 2. The molecule has 0 unspecified atom stereocenters. The topological polar surface area (TPSA) is 30.5 Å². The second-order valence-corrected chi connectivity index (χ2v) is 5.45. The Bertz CT molecular complexity index is 364. The summed E-state index contributed by atoms with van der Waals surface area (Å²) in [4.78, 5) is 1.00. The zero-order chi connectivity index (χ0) is 14.8. The summed E-state index contributed by atoms with van der Waals surface area (Å²) in [7, 11) is 3.34. The first kappa shape index (κ1) is 17.1. The van der Waals surface area contributed by atoms with Crippen molar-refractivity contribution in [1.82, 2.24) is 5.32 Å². The summed E-state index contributed by atoms with van der Waals surface area (Å²) in [5.41, 5.74) is 1.13. The molecule has 0 heterocycles. The van der Waals surface area contributed by atoms with E-state index in [1.54, 1.807) is 26.0 Å². The van der Waals surface area contributed by atoms with Crippen molar-refractivity contribution in [3.63, 3.8) is 0 Å². The minimum absolute atomic E-state index is 0.285. The largest absolute Gasteiger partial charge is 0.496 e. The highest BCUT2D eigenvalue weighted by Crippen LogP contribution is 2.36. The fourth-order valence-corrected chi connectivity index (χ4v) is 2.83. The summed E-state index contributed by atoms with van der Waals surface area (Å²) in [6, 6.07) is 4.01. The van der Waals surface area contributed by atoms with Crippen molar-refractivity contribution in [3.05, 3.63) is 17.7 Å². The molecule has 1 rings (SSSR count). The van der Waals surface area contributed by atoms with Crippen LogP contribution in [0.2, 0.25) is 0 Å². The number of nitrogens with one attached hydrogen (secondary N) is 1. The molecular formula is C15H24FNO2S. The van der Waals surface area contributed by atoms with Crippen molar-refractivity contribution < 1.29 is 13.9 Å². The molecule has 114 valence electrons. The van der Waals surface area contributed by atoms with Crippen LogP contribution in [0.4, 0.5) is 4.39 Å². The van der Waals surface area contributed by atoms with Crippen LogP contribution < -0.4 is 14.8 Å². The van der Waals surface area contributed by atoms with Gasteiger partial charge in [0.05, 0.1) is 25.8 Å². The van der Waals surface area contributed by atoms with E-state index < -0.39 is 0 Å². The lowest BCUT2D eigenvalue weighted by Gasteiger charge is -2.14. The van der Waals surface area contributed by atoms with Crippen LogP contribution in [0.5, 0.6) is 11.5 Å². The molecule has 0 fully saturated rings. The van der Waals surface area contributed by atoms with Gasteiger partial charge >= 0.3 is 0 Å². The van der Waals surface area contributed by atoms with Gasteiger partial charge in [-0.05, 0) is 43.6 Å². The van der Waals surface area contributed by atoms with E-state index in [2.05, 4.69) is 12.2 Å². The van der Waals surface area contributed by atoms with Crippen LogP contribution in [0.15, 0.2) is 17.0 Å². The van der Waals surface area contributed by atoms with E-state index in [4.69, 9.17) is 9.47 Å². The number of benzene rings is 1. The third-order valence-electron chi connectivity index (χ3n) is 2.92. The van der Waals surface area contributed by atoms with Crippen LogP contribution in [0.25, 0.3) is 0 Å². The highest BCUT2D eigenvalue weighted by atomic mass is 32.2. The molecule has 0 saturated carbocycles. The van der Waals surface area contributed by atoms with Crippen LogP contribution in [0.1, 0.15) is 18.9 Å². The average molecular weight is 301 g/mol. The highest BCUT2D eigenvalue weighted by molar-refractivity contribution is 7.99. The van der Waals surface area contributed by atoms with Gasteiger partial charge in [-0.1, -0.05) is 6.92 Å². The van der Waals surface area contributed by atoms with Gasteiger partial charge in [0, 0.05) is 5.75 Å². The van der Waals surface area contributed by atoms with Crippen molar-refractivity contribution in [2.75, 3.05) is 39.7 Å². The van der Waals surface area contributed by atoms with Crippen molar-refractivity contribution >= 4 is 11.8 Å². The van der Waals surface area contributed by atoms with Crippen LogP contribution in [-0.2, 0) is 6.42 Å². The van der Waals surface area contributed by atoms with Gasteiger partial charge in [-0.15, -0.1) is 11.8 Å². The molecule has 0 spiro atoms. The fraction of sp³-hybridized carbons (Fsp3) is 0.600. The molecule has 0 radical (unpaired) electrons. The molecular weight excluding hydrogens is 277 g/mol. The van der Waals surface area contributed by atoms with Gasteiger partial charge in [0.2, 0.25) is 0 Å². The van der Waals surface area contributed by atoms with Crippen molar-refractivity contribution in [2.24, 2.45) is 0 Å². The first-order valence-electron chi connectivity index (χ1n) is 6.91. The van der Waals surface area contributed by atoms with E-state index in [9.17, 15) is 4.39 Å². The predicted octanol–water partition coefficient (Wildman–Crippen LogP) is 3.31. The number of rotatable bonds is 10. The van der Waals surface area contributed by atoms with Crippen molar-refractivity contribution in [1.29, 1.82) is 0 Å². The summed E-state index contributed by atoms with van der Waals surface area (Å²) in [5.74, 6) is 2.44. The molecule has 0 aliphatic rings. The maximum absolute atomic E-state index is 12.2. The normalized spacial score (nSPS) is 10.6. The molecule has 0 aliphatic carbocycles. The molecule has 20 heavy (non-hydrogen) atoms. The quantitative estimate of drug-likeness (QED) is 0.530. The number of likely N-dealkylation sites (N-methyl/N-ethyl adjacent to an activating group) is 1. The molecule has 5 heteroatoms. The SMILES string of the molecule is CCNCCc1cc(OC)c(SCCCF)cc1OC. The number of thioether (sulfide) groups is 1. The maximum atomic E-state index is 12.2. The minimum atomic E-state index is -0.285. The molecule has 0 aliphatic heterocycles. The molecule has 1 N–H and O–H groups in total. The van der Waals surface area contributed by atoms with E-state index in [0.29, 0.717) is 6.42 Å². The minimum Gasteiger partial charge on any atom is -0.496 e. The highest BCUT2D eigenvalue weighted by Gasteiger charge is 2.11. The van der Waals surface area contributed by atoms with Crippen LogP contribution in [0.3, 0.4) is 0 Å². The number of methoxy groups -OCH3 is 2. The summed E-state index contributed by atoms with van der Waals surface area (Å²) in [6.07, 6.45) is 1.45. The van der Waals surface area contributed by atoms with E-state index >= 15 is 0 Å². The van der Waals surface area contributed by atoms with Gasteiger partial charge in [-0.3, -0.25) is 4.39 Å². The summed E-state index contributed by atoms with van der Waals surface area (Å²) in [6.45, 7) is 3.66. The van der Waals surface area contributed by atoms with Gasteiger partial charge in [0.1, 0.15) is 11.5 Å². The molecule has 0 amide bonds. The number of hydrogen-bond acceptors (Lipinski definition) is 4. The number of halogens is 1. The van der Waals surface area contributed by atoms with Crippen molar-refractivity contribution in [3.8, 4) is 11.5 Å². The Labute approximate surface area is 125 Å². The molecule has 1 aromatic carbocycles. The monoisotopic (exact) mass is 301 g/mol. The lowest BCUT2D eigenvalue weighted by atomic mass is 10.1. The number of hydrogen-bond donors (Lipinski definition) is 1. The van der Waals surface area contributed by atoms with Gasteiger partial charge in [-0.2, -0.15) is 0 Å². The third kappa shape index (κ3) is 5.21. The predicted molar refractivity (Wildman–Crippen MR) is 83.1 cm³/mol. The lowest BCUT2D eigenvalue weighted by molar-refractivity contribution is 0.390. The van der Waals surface area contributed by atoms with Gasteiger partial charge in [-0.25, -0.2) is 0 Å². The maximum Gasteiger partial charge on any atom is 0.132 e. The molecule has 0 bridgehead atoms. The van der Waals surface area contributed by atoms with E-state index in [1.807, 2.05) is 12.1 Å². The Kier molecular flexibility index (Phi) is 8.46. The van der Waals surface area contributed by atoms with Crippen LogP contribution >= 0.6 is 11.8 Å². The summed E-state index contributed by atoms with van der Waals surface area (Å²) < 4.78 is 23.1. The Morgan fingerprint density at radius 2 is 1.95 bits per heavy atom. The smallest absolute Gasteiger partial charge is 0.132 e. The zero-order valence-corrected chi connectivity index (χ0v) is 13.3. The molecule has 0 saturated heterocycles. The standard InChI is InChI=1S/C15H24FNO2S/c1-4-17-8-6-12-10-14(19-3)15(11-13(12)18-2)20-9-5-7-16/h10-11,17H,4-9H2,1-3H3. The molecule has 0 aromatic heterocycles. The van der Waals surface area contributed by atoms with E-state index in [-0.39, 0.29) is 6.67 Å². The third-order valence-corrected chi connectivity index (χ3v) is 4.05. The van der Waals surface area contributed by atoms with E-state index in [1.165, 1.54) is 0 Å². The van der Waals surface area contributed by atoms with Gasteiger partial charge in [0.15, 0.2) is 0 Å². The fourth-order valence-electron chi connectivity index (χ4n) is 1.88. The molecule has 1 aromatic rings. The van der Waals surface area contributed by atoms with Crippen LogP contribution in [0, 0.1) is 0 Å². The summed E-state index contributed by atoms with van der Waals surface area (Å²) >= 11 is 1.60. The number of alkyl halides is 1. The zero-order valence-electron chi connectivity index (χ0n) is 12.5. The first-order valence-corrected chi connectivity index (χ1v) is 7.89. The first-order chi connectivity index (χ1) is 9.76. The Morgan fingerprint density at radius 1 is 1.20 bits per heavy atom. The second kappa shape index (κ2) is 9.88. The second-order valence-electron chi connectivity index (χ2n) is 4.31. The summed E-state index contributed by atoms with van der Waals surface area (Å²) in [5, 5.41) is 3.30.